The molecule has 5 atom stereocenters. The van der Waals surface area contributed by atoms with Crippen LogP contribution in [0.3, 0.4) is 0 Å². The second-order valence-corrected chi connectivity index (χ2v) is 10.8. The zero-order valence-electron chi connectivity index (χ0n) is 18.7. The first kappa shape index (κ1) is 25.6. The van der Waals surface area contributed by atoms with Crippen molar-refractivity contribution in [3.8, 4) is 0 Å². The van der Waals surface area contributed by atoms with Crippen LogP contribution in [0.15, 0.2) is 9.59 Å². The maximum absolute atomic E-state index is 12.8. The number of hydrogen-bond acceptors (Lipinski definition) is 10. The minimum absolute atomic E-state index is 0.0184. The molecule has 1 saturated heterocycles. The molecule has 1 aliphatic rings. The number of ether oxygens (including phenoxy) is 1. The molecule has 0 spiro atoms. The fourth-order valence-electron chi connectivity index (χ4n) is 3.97. The Morgan fingerprint density at radius 2 is 1.82 bits per heavy atom. The van der Waals surface area contributed by atoms with E-state index in [4.69, 9.17) is 15.0 Å². The Hall–Kier alpha value is -2.06. The van der Waals surface area contributed by atoms with Crippen molar-refractivity contribution in [2.75, 3.05) is 5.73 Å². The molecular weight excluding hydrogens is 461 g/mol. The van der Waals surface area contributed by atoms with E-state index in [1.54, 1.807) is 13.8 Å². The summed E-state index contributed by atoms with van der Waals surface area (Å²) in [5.41, 5.74) is 2.28. The predicted octanol–water partition coefficient (Wildman–Crippen LogP) is -0.506. The number of imidazole rings is 1. The molecule has 0 aromatic carbocycles. The van der Waals surface area contributed by atoms with Gasteiger partial charge < -0.3 is 35.2 Å². The summed E-state index contributed by atoms with van der Waals surface area (Å²) in [4.78, 5) is 43.4. The van der Waals surface area contributed by atoms with Crippen LogP contribution in [0, 0.1) is 0 Å². The lowest BCUT2D eigenvalue weighted by Crippen LogP contribution is -2.39. The molecule has 0 bridgehead atoms. The number of aliphatic hydroxyl groups is 3. The summed E-state index contributed by atoms with van der Waals surface area (Å²) in [6, 6.07) is 0. The van der Waals surface area contributed by atoms with Gasteiger partial charge in [0, 0.05) is 6.42 Å². The zero-order valence-corrected chi connectivity index (χ0v) is 19.6. The van der Waals surface area contributed by atoms with E-state index >= 15 is 0 Å². The van der Waals surface area contributed by atoms with Crippen molar-refractivity contribution >= 4 is 24.7 Å². The Morgan fingerprint density at radius 3 is 2.39 bits per heavy atom. The Labute approximate surface area is 187 Å². The van der Waals surface area contributed by atoms with Crippen molar-refractivity contribution in [2.45, 2.75) is 82.4 Å². The SMILES string of the molecule is CCC(O)(CC)P(=O)(O)OC(C)(C)C[C@H]1O[C@@H](n2c(=O)[nH]c3c(=O)[nH]c(N)nc32)[C@H](O)[C@@H]1O. The highest BCUT2D eigenvalue weighted by atomic mass is 31.2. The molecule has 0 aliphatic carbocycles. The van der Waals surface area contributed by atoms with Crippen LogP contribution >= 0.6 is 7.60 Å². The zero-order chi connectivity index (χ0) is 24.9. The minimum Gasteiger partial charge on any atom is -0.388 e. The van der Waals surface area contributed by atoms with Crippen LogP contribution in [-0.4, -0.2) is 69.0 Å². The smallest absolute Gasteiger partial charge is 0.359 e. The average Bonchev–Trinajstić information content (AvgIpc) is 3.16. The highest BCUT2D eigenvalue weighted by Gasteiger charge is 2.51. The molecule has 1 aliphatic heterocycles. The first-order chi connectivity index (χ1) is 15.2. The van der Waals surface area contributed by atoms with E-state index in [0.29, 0.717) is 0 Å². The van der Waals surface area contributed by atoms with Crippen molar-refractivity contribution in [2.24, 2.45) is 0 Å². The largest absolute Gasteiger partial charge is 0.388 e. The van der Waals surface area contributed by atoms with E-state index < -0.39 is 54.3 Å². The number of nitrogen functional groups attached to an aromatic ring is 1. The summed E-state index contributed by atoms with van der Waals surface area (Å²) in [7, 11) is -4.51. The molecule has 3 heterocycles. The Balaban J connectivity index is 1.88. The van der Waals surface area contributed by atoms with Crippen LogP contribution in [0.1, 0.15) is 53.2 Å². The van der Waals surface area contributed by atoms with Crippen molar-refractivity contribution in [1.29, 1.82) is 0 Å². The van der Waals surface area contributed by atoms with Crippen molar-refractivity contribution < 1.29 is 34.0 Å². The number of hydrogen-bond donors (Lipinski definition) is 7. The number of fused-ring (bicyclic) bond motifs is 1. The lowest BCUT2D eigenvalue weighted by molar-refractivity contribution is -0.0651. The fraction of sp³-hybridized carbons (Fsp3) is 0.722. The van der Waals surface area contributed by atoms with Gasteiger partial charge in [0.25, 0.3) is 5.56 Å². The second-order valence-electron chi connectivity index (χ2n) is 8.76. The van der Waals surface area contributed by atoms with Gasteiger partial charge in [0.15, 0.2) is 22.7 Å². The molecule has 14 nitrogen and oxygen atoms in total. The maximum atomic E-state index is 12.8. The quantitative estimate of drug-likeness (QED) is 0.233. The third kappa shape index (κ3) is 4.52. The van der Waals surface area contributed by atoms with Gasteiger partial charge in [-0.1, -0.05) is 13.8 Å². The van der Waals surface area contributed by atoms with Crippen LogP contribution in [0.4, 0.5) is 5.95 Å². The highest BCUT2D eigenvalue weighted by molar-refractivity contribution is 7.54. The molecular formula is C18H30N5O9P. The third-order valence-electron chi connectivity index (χ3n) is 5.91. The number of nitrogens with one attached hydrogen (secondary N) is 2. The second kappa shape index (κ2) is 8.62. The normalized spacial score (nSPS) is 26.1. The average molecular weight is 491 g/mol. The number of aliphatic hydroxyl groups excluding tert-OH is 2. The molecule has 33 heavy (non-hydrogen) atoms. The number of nitrogens with zero attached hydrogens (tertiary/aromatic N) is 2. The fourth-order valence-corrected chi connectivity index (χ4v) is 5.68. The summed E-state index contributed by atoms with van der Waals surface area (Å²) in [6.45, 7) is 6.05. The Bertz CT molecular complexity index is 1180. The molecule has 2 aromatic rings. The predicted molar refractivity (Wildman–Crippen MR) is 116 cm³/mol. The molecule has 0 saturated carbocycles. The molecule has 8 N–H and O–H groups in total. The Kier molecular flexibility index (Phi) is 6.68. The van der Waals surface area contributed by atoms with Crippen LogP contribution in [0.5, 0.6) is 0 Å². The van der Waals surface area contributed by atoms with E-state index in [-0.39, 0.29) is 36.4 Å². The van der Waals surface area contributed by atoms with Gasteiger partial charge in [0.1, 0.15) is 12.2 Å². The summed E-state index contributed by atoms with van der Waals surface area (Å²) >= 11 is 0. The van der Waals surface area contributed by atoms with Gasteiger partial charge in [-0.25, -0.2) is 9.36 Å². The van der Waals surface area contributed by atoms with Gasteiger partial charge >= 0.3 is 13.3 Å². The third-order valence-corrected chi connectivity index (χ3v) is 8.34. The molecule has 3 rings (SSSR count). The molecule has 0 amide bonds. The van der Waals surface area contributed by atoms with E-state index in [2.05, 4.69) is 15.0 Å². The van der Waals surface area contributed by atoms with E-state index in [9.17, 15) is 34.4 Å². The molecule has 0 radical (unpaired) electrons. The summed E-state index contributed by atoms with van der Waals surface area (Å²) in [5, 5.41) is 29.7. The van der Waals surface area contributed by atoms with Crippen molar-refractivity contribution in [1.82, 2.24) is 19.5 Å². The molecule has 1 fully saturated rings. The summed E-state index contributed by atoms with van der Waals surface area (Å²) in [6.07, 6.45) is -5.89. The molecule has 1 unspecified atom stereocenters. The van der Waals surface area contributed by atoms with Gasteiger partial charge in [-0.2, -0.15) is 4.98 Å². The van der Waals surface area contributed by atoms with Crippen LogP contribution in [0.25, 0.3) is 11.2 Å². The van der Waals surface area contributed by atoms with E-state index in [0.717, 1.165) is 4.57 Å². The van der Waals surface area contributed by atoms with Gasteiger partial charge in [-0.3, -0.25) is 19.3 Å². The van der Waals surface area contributed by atoms with E-state index in [1.165, 1.54) is 13.8 Å². The lowest BCUT2D eigenvalue weighted by Gasteiger charge is -2.37. The van der Waals surface area contributed by atoms with Gasteiger partial charge in [0.05, 0.1) is 11.7 Å². The Morgan fingerprint density at radius 1 is 1.21 bits per heavy atom. The van der Waals surface area contributed by atoms with Crippen LogP contribution in [-0.2, 0) is 13.8 Å². The summed E-state index contributed by atoms with van der Waals surface area (Å²) < 4.78 is 24.8. The topological polar surface area (TPSA) is 226 Å². The number of anilines is 1. The molecule has 186 valence electrons. The van der Waals surface area contributed by atoms with Gasteiger partial charge in [-0.05, 0) is 26.7 Å². The number of aromatic amines is 2. The van der Waals surface area contributed by atoms with Gasteiger partial charge in [0.2, 0.25) is 5.95 Å². The number of aromatic nitrogens is 4. The molecule has 15 heteroatoms. The first-order valence-corrected chi connectivity index (χ1v) is 12.0. The number of H-pyrrole nitrogens is 2. The van der Waals surface area contributed by atoms with Crippen LogP contribution in [0.2, 0.25) is 0 Å². The number of nitrogens with two attached hydrogens (primary N) is 1. The first-order valence-electron chi connectivity index (χ1n) is 10.4. The number of rotatable bonds is 8. The molecule has 2 aromatic heterocycles. The highest BCUT2D eigenvalue weighted by Crippen LogP contribution is 2.60. The standard InChI is InChI=1S/C18H30N5O9P/c1-5-18(28,6-2)33(29,30)32-17(3,4)7-8-10(24)11(25)14(31-8)23-12-9(20-16(23)27)13(26)22-15(19)21-12/h8,10-11,14,24-25,28H,5-7H2,1-4H3,(H,20,27)(H,29,30)(H3,19,21,22,26)/t8-,10-,11-,14-/m1/s1. The maximum Gasteiger partial charge on any atom is 0.359 e. The minimum atomic E-state index is -4.51. The van der Waals surface area contributed by atoms with Gasteiger partial charge in [-0.15, -0.1) is 0 Å². The summed E-state index contributed by atoms with van der Waals surface area (Å²) in [5.74, 6) is -0.266. The van der Waals surface area contributed by atoms with Crippen molar-refractivity contribution in [3.05, 3.63) is 20.8 Å². The van der Waals surface area contributed by atoms with Crippen molar-refractivity contribution in [3.63, 3.8) is 0 Å². The van der Waals surface area contributed by atoms with Crippen LogP contribution < -0.4 is 17.0 Å². The lowest BCUT2D eigenvalue weighted by atomic mass is 9.97. The van der Waals surface area contributed by atoms with E-state index in [1.807, 2.05) is 0 Å². The monoisotopic (exact) mass is 491 g/mol.